The molecule has 2 rings (SSSR count). The minimum atomic E-state index is 0.514. The second kappa shape index (κ2) is 5.78. The molecule has 0 amide bonds. The van der Waals surface area contributed by atoms with Crippen LogP contribution in [0, 0.1) is 5.92 Å². The smallest absolute Gasteiger partial charge is 0.157 e. The largest absolute Gasteiger partial charge is 0.362 e. The summed E-state index contributed by atoms with van der Waals surface area (Å²) in [5, 5.41) is 5.27. The molecule has 17 heavy (non-hydrogen) atoms. The highest BCUT2D eigenvalue weighted by Gasteiger charge is 2.20. The van der Waals surface area contributed by atoms with Crippen LogP contribution in [0.25, 0.3) is 0 Å². The van der Waals surface area contributed by atoms with Gasteiger partial charge in [-0.3, -0.25) is 4.99 Å². The van der Waals surface area contributed by atoms with Crippen LogP contribution in [-0.2, 0) is 6.54 Å². The van der Waals surface area contributed by atoms with E-state index < -0.39 is 0 Å². The average Bonchev–Trinajstić information content (AvgIpc) is 2.33. The van der Waals surface area contributed by atoms with Gasteiger partial charge in [-0.05, 0) is 30.5 Å². The van der Waals surface area contributed by atoms with Crippen LogP contribution in [0.5, 0.6) is 0 Å². The maximum absolute atomic E-state index is 5.84. The molecule has 4 heteroatoms. The Labute approximate surface area is 112 Å². The Morgan fingerprint density at radius 2 is 2.06 bits per heavy atom. The Morgan fingerprint density at radius 1 is 1.35 bits per heavy atom. The summed E-state index contributed by atoms with van der Waals surface area (Å²) in [6, 6.07) is 8.37. The monoisotopic (exact) mass is 268 g/mol. The molecular formula is C13H17ClN2S. The van der Waals surface area contributed by atoms with E-state index in [4.69, 9.17) is 11.6 Å². The molecule has 1 N–H and O–H groups in total. The van der Waals surface area contributed by atoms with E-state index in [0.29, 0.717) is 18.5 Å². The van der Waals surface area contributed by atoms with Crippen molar-refractivity contribution in [3.8, 4) is 0 Å². The summed E-state index contributed by atoms with van der Waals surface area (Å²) in [6.45, 7) is 5.19. The summed E-state index contributed by atoms with van der Waals surface area (Å²) in [5.41, 5.74) is 1.19. The lowest BCUT2D eigenvalue weighted by atomic mass is 10.1. The SMILES string of the molecule is CC1CSC(=NCc2ccc(Cl)cc2)NC1C. The summed E-state index contributed by atoms with van der Waals surface area (Å²) in [6.07, 6.45) is 0. The first-order valence-electron chi connectivity index (χ1n) is 5.83. The maximum Gasteiger partial charge on any atom is 0.157 e. The van der Waals surface area contributed by atoms with Crippen LogP contribution in [-0.4, -0.2) is 17.0 Å². The maximum atomic E-state index is 5.84. The fraction of sp³-hybridized carbons (Fsp3) is 0.462. The number of nitrogens with zero attached hydrogens (tertiary/aromatic N) is 1. The molecule has 92 valence electrons. The van der Waals surface area contributed by atoms with Crippen molar-refractivity contribution < 1.29 is 0 Å². The first kappa shape index (κ1) is 12.8. The molecule has 2 unspecified atom stereocenters. The van der Waals surface area contributed by atoms with Crippen molar-refractivity contribution in [2.24, 2.45) is 10.9 Å². The molecule has 2 atom stereocenters. The van der Waals surface area contributed by atoms with E-state index >= 15 is 0 Å². The molecule has 1 fully saturated rings. The highest BCUT2D eigenvalue weighted by Crippen LogP contribution is 2.20. The normalized spacial score (nSPS) is 26.9. The van der Waals surface area contributed by atoms with Gasteiger partial charge in [-0.2, -0.15) is 0 Å². The molecule has 0 spiro atoms. The fourth-order valence-electron chi connectivity index (χ4n) is 1.58. The number of thioether (sulfide) groups is 1. The summed E-state index contributed by atoms with van der Waals surface area (Å²) in [7, 11) is 0. The Morgan fingerprint density at radius 3 is 2.71 bits per heavy atom. The van der Waals surface area contributed by atoms with Gasteiger partial charge >= 0.3 is 0 Å². The summed E-state index contributed by atoms with van der Waals surface area (Å²) >= 11 is 7.65. The summed E-state index contributed by atoms with van der Waals surface area (Å²) in [4.78, 5) is 4.59. The molecule has 0 radical (unpaired) electrons. The van der Waals surface area contributed by atoms with E-state index in [2.05, 4.69) is 24.2 Å². The van der Waals surface area contributed by atoms with Crippen LogP contribution in [0.1, 0.15) is 19.4 Å². The van der Waals surface area contributed by atoms with E-state index in [1.807, 2.05) is 36.0 Å². The van der Waals surface area contributed by atoms with Crippen LogP contribution < -0.4 is 5.32 Å². The zero-order valence-electron chi connectivity index (χ0n) is 10.1. The van der Waals surface area contributed by atoms with E-state index in [1.54, 1.807) is 0 Å². The van der Waals surface area contributed by atoms with Gasteiger partial charge in [-0.1, -0.05) is 42.4 Å². The molecule has 0 aliphatic carbocycles. The Hall–Kier alpha value is -0.670. The zero-order valence-corrected chi connectivity index (χ0v) is 11.7. The van der Waals surface area contributed by atoms with Crippen LogP contribution in [0.3, 0.4) is 0 Å². The highest BCUT2D eigenvalue weighted by molar-refractivity contribution is 8.13. The topological polar surface area (TPSA) is 24.4 Å². The number of benzene rings is 1. The van der Waals surface area contributed by atoms with Crippen molar-refractivity contribution in [2.75, 3.05) is 5.75 Å². The number of aliphatic imine (C=N–C) groups is 1. The third-order valence-electron chi connectivity index (χ3n) is 3.01. The van der Waals surface area contributed by atoms with Crippen molar-refractivity contribution in [3.63, 3.8) is 0 Å². The Kier molecular flexibility index (Phi) is 4.35. The number of nitrogens with one attached hydrogen (secondary N) is 1. The fourth-order valence-corrected chi connectivity index (χ4v) is 2.84. The number of hydrogen-bond donors (Lipinski definition) is 1. The van der Waals surface area contributed by atoms with Gasteiger partial charge in [0.1, 0.15) is 0 Å². The lowest BCUT2D eigenvalue weighted by molar-refractivity contribution is 0.490. The van der Waals surface area contributed by atoms with E-state index in [0.717, 1.165) is 15.9 Å². The first-order chi connectivity index (χ1) is 8.15. The van der Waals surface area contributed by atoms with Gasteiger partial charge in [0.25, 0.3) is 0 Å². The van der Waals surface area contributed by atoms with Gasteiger partial charge in [-0.15, -0.1) is 0 Å². The van der Waals surface area contributed by atoms with Crippen LogP contribution in [0.4, 0.5) is 0 Å². The van der Waals surface area contributed by atoms with Gasteiger partial charge in [0.15, 0.2) is 5.17 Å². The van der Waals surface area contributed by atoms with Crippen LogP contribution in [0.2, 0.25) is 5.02 Å². The first-order valence-corrected chi connectivity index (χ1v) is 7.20. The van der Waals surface area contributed by atoms with Gasteiger partial charge in [0, 0.05) is 16.8 Å². The van der Waals surface area contributed by atoms with Crippen molar-refractivity contribution in [1.29, 1.82) is 0 Å². The molecule has 1 saturated heterocycles. The molecule has 1 aromatic rings. The molecule has 1 aliphatic heterocycles. The van der Waals surface area contributed by atoms with Gasteiger partial charge in [0.05, 0.1) is 6.54 Å². The predicted molar refractivity (Wildman–Crippen MR) is 76.8 cm³/mol. The van der Waals surface area contributed by atoms with Crippen molar-refractivity contribution in [3.05, 3.63) is 34.9 Å². The van der Waals surface area contributed by atoms with Crippen LogP contribution in [0.15, 0.2) is 29.3 Å². The lowest BCUT2D eigenvalue weighted by Gasteiger charge is -2.28. The van der Waals surface area contributed by atoms with E-state index in [-0.39, 0.29) is 0 Å². The van der Waals surface area contributed by atoms with Gasteiger partial charge in [0.2, 0.25) is 0 Å². The Bertz CT molecular complexity index is 402. The van der Waals surface area contributed by atoms with Gasteiger partial charge < -0.3 is 5.32 Å². The minimum Gasteiger partial charge on any atom is -0.362 e. The molecule has 1 heterocycles. The quantitative estimate of drug-likeness (QED) is 0.887. The molecule has 1 aliphatic rings. The number of rotatable bonds is 2. The minimum absolute atomic E-state index is 0.514. The molecule has 0 saturated carbocycles. The standard InChI is InChI=1S/C13H17ClN2S/c1-9-8-17-13(16-10(9)2)15-7-11-3-5-12(14)6-4-11/h3-6,9-10H,7-8H2,1-2H3,(H,15,16). The van der Waals surface area contributed by atoms with E-state index in [9.17, 15) is 0 Å². The zero-order chi connectivity index (χ0) is 12.3. The van der Waals surface area contributed by atoms with Gasteiger partial charge in [-0.25, -0.2) is 0 Å². The second-order valence-corrected chi connectivity index (χ2v) is 5.91. The molecule has 0 aromatic heterocycles. The molecule has 2 nitrogen and oxygen atoms in total. The number of halogens is 1. The summed E-state index contributed by atoms with van der Waals surface area (Å²) < 4.78 is 0. The average molecular weight is 269 g/mol. The summed E-state index contributed by atoms with van der Waals surface area (Å²) in [5.74, 6) is 1.85. The molecule has 0 bridgehead atoms. The van der Waals surface area contributed by atoms with E-state index in [1.165, 1.54) is 5.56 Å². The highest BCUT2D eigenvalue weighted by atomic mass is 35.5. The third kappa shape index (κ3) is 3.65. The third-order valence-corrected chi connectivity index (χ3v) is 4.47. The predicted octanol–water partition coefficient (Wildman–Crippen LogP) is 3.56. The van der Waals surface area contributed by atoms with Crippen molar-refractivity contribution in [1.82, 2.24) is 5.32 Å². The molecule has 1 aromatic carbocycles. The second-order valence-electron chi connectivity index (χ2n) is 4.47. The number of amidine groups is 1. The van der Waals surface area contributed by atoms with Crippen molar-refractivity contribution >= 4 is 28.5 Å². The molecular weight excluding hydrogens is 252 g/mol. The van der Waals surface area contributed by atoms with Crippen LogP contribution >= 0.6 is 23.4 Å². The van der Waals surface area contributed by atoms with Crippen molar-refractivity contribution in [2.45, 2.75) is 26.4 Å². The Balaban J connectivity index is 1.94. The number of hydrogen-bond acceptors (Lipinski definition) is 2. The lowest BCUT2D eigenvalue weighted by Crippen LogP contribution is -2.41.